The van der Waals surface area contributed by atoms with Crippen molar-refractivity contribution < 1.29 is 9.53 Å². The normalized spacial score (nSPS) is 20.4. The van der Waals surface area contributed by atoms with E-state index >= 15 is 0 Å². The molecular weight excluding hydrogens is 338 g/mol. The van der Waals surface area contributed by atoms with Gasteiger partial charge in [-0.15, -0.1) is 0 Å². The van der Waals surface area contributed by atoms with Gasteiger partial charge in [0.15, 0.2) is 0 Å². The lowest BCUT2D eigenvalue weighted by molar-refractivity contribution is -0.132. The Bertz CT molecular complexity index is 806. The highest BCUT2D eigenvalue weighted by molar-refractivity contribution is 5.77. The third-order valence-corrected chi connectivity index (χ3v) is 6.37. The van der Waals surface area contributed by atoms with Crippen LogP contribution in [0.25, 0.3) is 0 Å². The summed E-state index contributed by atoms with van der Waals surface area (Å²) in [5, 5.41) is 7.18. The molecule has 1 N–H and O–H groups in total. The number of likely N-dealkylation sites (tertiary alicyclic amines) is 1. The van der Waals surface area contributed by atoms with E-state index in [-0.39, 0.29) is 0 Å². The molecule has 1 aromatic carbocycles. The molecule has 2 aromatic rings. The molecule has 5 heteroatoms. The van der Waals surface area contributed by atoms with Gasteiger partial charge in [0.1, 0.15) is 5.75 Å². The molecular formula is C22H29N3O2. The van der Waals surface area contributed by atoms with Crippen LogP contribution in [0.4, 0.5) is 0 Å². The van der Waals surface area contributed by atoms with Crippen molar-refractivity contribution in [2.75, 3.05) is 20.2 Å². The van der Waals surface area contributed by atoms with Crippen molar-refractivity contribution in [1.29, 1.82) is 0 Å². The highest BCUT2D eigenvalue weighted by Gasteiger charge is 2.29. The van der Waals surface area contributed by atoms with Crippen LogP contribution in [0.15, 0.2) is 24.4 Å². The van der Waals surface area contributed by atoms with Crippen LogP contribution in [0.3, 0.4) is 0 Å². The molecule has 1 aliphatic heterocycles. The van der Waals surface area contributed by atoms with Crippen molar-refractivity contribution >= 4 is 5.91 Å². The molecule has 1 amide bonds. The van der Waals surface area contributed by atoms with Crippen LogP contribution < -0.4 is 4.74 Å². The number of carbonyl (C=O) groups excluding carboxylic acids is 1. The van der Waals surface area contributed by atoms with E-state index in [9.17, 15) is 4.79 Å². The van der Waals surface area contributed by atoms with Crippen LogP contribution in [0.5, 0.6) is 5.75 Å². The Hall–Kier alpha value is -2.30. The van der Waals surface area contributed by atoms with Gasteiger partial charge in [0.25, 0.3) is 0 Å². The van der Waals surface area contributed by atoms with Gasteiger partial charge < -0.3 is 9.64 Å². The number of amides is 1. The lowest BCUT2D eigenvalue weighted by atomic mass is 9.80. The van der Waals surface area contributed by atoms with Crippen LogP contribution in [-0.2, 0) is 11.2 Å². The molecule has 5 nitrogen and oxygen atoms in total. The maximum Gasteiger partial charge on any atom is 0.223 e. The maximum atomic E-state index is 12.9. The minimum absolute atomic E-state index is 0.311. The molecule has 0 spiro atoms. The van der Waals surface area contributed by atoms with Crippen LogP contribution >= 0.6 is 0 Å². The van der Waals surface area contributed by atoms with E-state index < -0.39 is 0 Å². The number of ether oxygens (including phenoxy) is 1. The maximum absolute atomic E-state index is 12.9. The Morgan fingerprint density at radius 3 is 2.78 bits per heavy atom. The van der Waals surface area contributed by atoms with E-state index in [0.717, 1.165) is 56.6 Å². The summed E-state index contributed by atoms with van der Waals surface area (Å²) in [6.45, 7) is 3.79. The first kappa shape index (κ1) is 18.1. The second kappa shape index (κ2) is 7.75. The Morgan fingerprint density at radius 2 is 2.07 bits per heavy atom. The van der Waals surface area contributed by atoms with E-state index in [4.69, 9.17) is 4.74 Å². The van der Waals surface area contributed by atoms with E-state index in [1.807, 2.05) is 12.3 Å². The largest absolute Gasteiger partial charge is 0.497 e. The molecule has 1 aliphatic carbocycles. The summed E-state index contributed by atoms with van der Waals surface area (Å²) in [6, 6.07) is 6.34. The Balaban J connectivity index is 1.37. The number of aryl methyl sites for hydroxylation is 2. The monoisotopic (exact) mass is 367 g/mol. The topological polar surface area (TPSA) is 58.2 Å². The molecule has 1 saturated heterocycles. The summed E-state index contributed by atoms with van der Waals surface area (Å²) in [4.78, 5) is 15.0. The number of benzene rings is 1. The molecule has 1 unspecified atom stereocenters. The summed E-state index contributed by atoms with van der Waals surface area (Å²) in [6.07, 6.45) is 8.00. The standard InChI is InChI=1S/C22H29N3O2/c1-15-21(14-23-24-15)16-8-10-25(11-9-16)22(26)13-18-5-3-4-17-12-19(27-2)6-7-20(17)18/h6-7,12,14,16,18H,3-5,8-11,13H2,1-2H3,(H,23,24). The summed E-state index contributed by atoms with van der Waals surface area (Å²) in [7, 11) is 1.71. The van der Waals surface area contributed by atoms with Crippen LogP contribution in [0.2, 0.25) is 0 Å². The lowest BCUT2D eigenvalue weighted by Gasteiger charge is -2.34. The fourth-order valence-electron chi connectivity index (χ4n) is 4.78. The first-order valence-electron chi connectivity index (χ1n) is 10.1. The van der Waals surface area contributed by atoms with Gasteiger partial charge in [-0.1, -0.05) is 6.07 Å². The summed E-state index contributed by atoms with van der Waals surface area (Å²) in [5.74, 6) is 2.10. The van der Waals surface area contributed by atoms with Crippen molar-refractivity contribution in [3.8, 4) is 5.75 Å². The Labute approximate surface area is 161 Å². The zero-order valence-electron chi connectivity index (χ0n) is 16.3. The molecule has 0 bridgehead atoms. The van der Waals surface area contributed by atoms with Crippen molar-refractivity contribution in [2.45, 2.75) is 57.3 Å². The quantitative estimate of drug-likeness (QED) is 0.890. The van der Waals surface area contributed by atoms with Gasteiger partial charge in [-0.05, 0) is 79.7 Å². The molecule has 27 heavy (non-hydrogen) atoms. The number of nitrogens with zero attached hydrogens (tertiary/aromatic N) is 2. The minimum atomic E-state index is 0.311. The molecule has 2 aliphatic rings. The number of piperidine rings is 1. The minimum Gasteiger partial charge on any atom is -0.497 e. The SMILES string of the molecule is COc1ccc2c(c1)CCCC2CC(=O)N1CCC(c2cn[nH]c2C)CC1. The molecule has 1 fully saturated rings. The fraction of sp³-hybridized carbons (Fsp3) is 0.545. The number of H-pyrrole nitrogens is 1. The number of hydrogen-bond donors (Lipinski definition) is 1. The average Bonchev–Trinajstić information content (AvgIpc) is 3.13. The van der Waals surface area contributed by atoms with Gasteiger partial charge in [-0.2, -0.15) is 5.10 Å². The number of fused-ring (bicyclic) bond motifs is 1. The van der Waals surface area contributed by atoms with Gasteiger partial charge >= 0.3 is 0 Å². The Kier molecular flexibility index (Phi) is 5.19. The molecule has 4 rings (SSSR count). The van der Waals surface area contributed by atoms with E-state index in [2.05, 4.69) is 34.2 Å². The second-order valence-electron chi connectivity index (χ2n) is 7.96. The first-order valence-corrected chi connectivity index (χ1v) is 10.1. The molecule has 1 aromatic heterocycles. The lowest BCUT2D eigenvalue weighted by Crippen LogP contribution is -2.38. The second-order valence-corrected chi connectivity index (χ2v) is 7.96. The molecule has 0 saturated carbocycles. The predicted octanol–water partition coefficient (Wildman–Crippen LogP) is 3.94. The first-order chi connectivity index (χ1) is 13.2. The Morgan fingerprint density at radius 1 is 1.26 bits per heavy atom. The average molecular weight is 367 g/mol. The number of aromatic nitrogens is 2. The molecule has 0 radical (unpaired) electrons. The van der Waals surface area contributed by atoms with Crippen molar-refractivity contribution in [3.63, 3.8) is 0 Å². The van der Waals surface area contributed by atoms with Crippen LogP contribution in [0, 0.1) is 6.92 Å². The van der Waals surface area contributed by atoms with Gasteiger partial charge in [0.05, 0.1) is 13.3 Å². The number of methoxy groups -OCH3 is 1. The van der Waals surface area contributed by atoms with Gasteiger partial charge in [-0.25, -0.2) is 0 Å². The third kappa shape index (κ3) is 3.73. The van der Waals surface area contributed by atoms with E-state index in [0.29, 0.717) is 24.2 Å². The summed E-state index contributed by atoms with van der Waals surface area (Å²) >= 11 is 0. The van der Waals surface area contributed by atoms with Gasteiger partial charge in [0, 0.05) is 25.2 Å². The van der Waals surface area contributed by atoms with Gasteiger partial charge in [-0.3, -0.25) is 9.89 Å². The molecule has 2 heterocycles. The van der Waals surface area contributed by atoms with Crippen molar-refractivity contribution in [1.82, 2.24) is 15.1 Å². The number of rotatable bonds is 4. The zero-order chi connectivity index (χ0) is 18.8. The van der Waals surface area contributed by atoms with E-state index in [1.165, 1.54) is 16.7 Å². The fourth-order valence-corrected chi connectivity index (χ4v) is 4.78. The van der Waals surface area contributed by atoms with Crippen molar-refractivity contribution in [2.24, 2.45) is 0 Å². The van der Waals surface area contributed by atoms with Crippen molar-refractivity contribution in [3.05, 3.63) is 46.8 Å². The third-order valence-electron chi connectivity index (χ3n) is 6.37. The highest BCUT2D eigenvalue weighted by atomic mass is 16.5. The summed E-state index contributed by atoms with van der Waals surface area (Å²) < 4.78 is 5.36. The number of nitrogens with one attached hydrogen (secondary N) is 1. The van der Waals surface area contributed by atoms with E-state index in [1.54, 1.807) is 7.11 Å². The van der Waals surface area contributed by atoms with Crippen LogP contribution in [0.1, 0.15) is 66.3 Å². The molecule has 1 atom stereocenters. The smallest absolute Gasteiger partial charge is 0.223 e. The highest BCUT2D eigenvalue weighted by Crippen LogP contribution is 2.37. The summed E-state index contributed by atoms with van der Waals surface area (Å²) in [5.41, 5.74) is 5.18. The van der Waals surface area contributed by atoms with Crippen LogP contribution in [-0.4, -0.2) is 41.2 Å². The molecule has 144 valence electrons. The van der Waals surface area contributed by atoms with Gasteiger partial charge in [0.2, 0.25) is 5.91 Å². The number of carbonyl (C=O) groups is 1. The zero-order valence-corrected chi connectivity index (χ0v) is 16.3. The number of hydrogen-bond acceptors (Lipinski definition) is 3. The predicted molar refractivity (Wildman–Crippen MR) is 105 cm³/mol. The number of aromatic amines is 1.